The second-order valence-corrected chi connectivity index (χ2v) is 4.45. The minimum absolute atomic E-state index is 0.00487. The highest BCUT2D eigenvalue weighted by atomic mass is 35.5. The van der Waals surface area contributed by atoms with Crippen molar-refractivity contribution < 1.29 is 9.15 Å². The third kappa shape index (κ3) is 1.86. The average molecular weight is 294 g/mol. The highest BCUT2D eigenvalue weighted by Gasteiger charge is 2.21. The number of benzene rings is 1. The Bertz CT molecular complexity index is 835. The van der Waals surface area contributed by atoms with Gasteiger partial charge in [0.15, 0.2) is 11.5 Å². The zero-order valence-corrected chi connectivity index (χ0v) is 11.0. The number of aromatic nitrogens is 4. The number of halogens is 1. The highest BCUT2D eigenvalue weighted by Crippen LogP contribution is 2.24. The predicted octanol–water partition coefficient (Wildman–Crippen LogP) is 1.42. The van der Waals surface area contributed by atoms with Crippen LogP contribution in [0.2, 0.25) is 5.02 Å². The minimum atomic E-state index is -0.692. The van der Waals surface area contributed by atoms with Gasteiger partial charge in [-0.05, 0) is 34.9 Å². The molecule has 0 bridgehead atoms. The first-order chi connectivity index (χ1) is 9.58. The molecule has 20 heavy (non-hydrogen) atoms. The van der Waals surface area contributed by atoms with E-state index in [1.165, 1.54) is 4.57 Å². The quantitative estimate of drug-likeness (QED) is 0.760. The molecule has 2 N–H and O–H groups in total. The topological polar surface area (TPSA) is 113 Å². The minimum Gasteiger partial charge on any atom is -0.379 e. The lowest BCUT2D eigenvalue weighted by molar-refractivity contribution is 0.310. The maximum atomic E-state index is 11.8. The van der Waals surface area contributed by atoms with Crippen LogP contribution in [0.4, 0.5) is 5.82 Å². The average Bonchev–Trinajstić information content (AvgIpc) is 2.99. The van der Waals surface area contributed by atoms with E-state index < -0.39 is 5.76 Å². The summed E-state index contributed by atoms with van der Waals surface area (Å²) < 4.78 is 10.3. The third-order valence-electron chi connectivity index (χ3n) is 2.74. The Balaban J connectivity index is 2.24. The van der Waals surface area contributed by atoms with Crippen LogP contribution in [-0.2, 0) is 0 Å². The van der Waals surface area contributed by atoms with E-state index in [0.29, 0.717) is 10.7 Å². The summed E-state index contributed by atoms with van der Waals surface area (Å²) in [7, 11) is 0. The van der Waals surface area contributed by atoms with E-state index in [1.807, 2.05) is 6.92 Å². The molecule has 0 saturated heterocycles. The summed E-state index contributed by atoms with van der Waals surface area (Å²) >= 11 is 6.05. The van der Waals surface area contributed by atoms with Crippen molar-refractivity contribution in [3.05, 3.63) is 39.3 Å². The molecule has 0 aliphatic carbocycles. The summed E-state index contributed by atoms with van der Waals surface area (Å²) in [5, 5.41) is 11.2. The van der Waals surface area contributed by atoms with Crippen LogP contribution in [0.5, 0.6) is 0 Å². The second kappa shape index (κ2) is 4.49. The molecule has 102 valence electrons. The Kier molecular flexibility index (Phi) is 2.79. The molecule has 0 aliphatic rings. The van der Waals surface area contributed by atoms with Crippen LogP contribution in [0.3, 0.4) is 0 Å². The van der Waals surface area contributed by atoms with E-state index in [1.54, 1.807) is 18.2 Å². The van der Waals surface area contributed by atoms with Crippen molar-refractivity contribution in [2.75, 3.05) is 5.73 Å². The Hall–Kier alpha value is -2.61. The van der Waals surface area contributed by atoms with E-state index in [2.05, 4.69) is 24.6 Å². The highest BCUT2D eigenvalue weighted by molar-refractivity contribution is 6.31. The molecule has 0 amide bonds. The maximum absolute atomic E-state index is 11.8. The lowest BCUT2D eigenvalue weighted by Crippen LogP contribution is -2.13. The zero-order valence-electron chi connectivity index (χ0n) is 10.2. The molecular formula is C11H8ClN5O3. The molecule has 0 fully saturated rings. The van der Waals surface area contributed by atoms with Gasteiger partial charge in [0, 0.05) is 5.02 Å². The predicted molar refractivity (Wildman–Crippen MR) is 69.6 cm³/mol. The number of nitrogen functional groups attached to an aromatic ring is 1. The van der Waals surface area contributed by atoms with Crippen LogP contribution in [0.15, 0.2) is 32.1 Å². The van der Waals surface area contributed by atoms with Gasteiger partial charge in [0.2, 0.25) is 5.82 Å². The van der Waals surface area contributed by atoms with Gasteiger partial charge >= 0.3 is 5.76 Å². The summed E-state index contributed by atoms with van der Waals surface area (Å²) in [6.07, 6.45) is 0. The smallest absolute Gasteiger partial charge is 0.379 e. The van der Waals surface area contributed by atoms with Crippen molar-refractivity contribution in [2.45, 2.75) is 6.92 Å². The number of nitrogens with two attached hydrogens (primary N) is 1. The number of hydrogen-bond acceptors (Lipinski definition) is 7. The molecule has 0 atom stereocenters. The summed E-state index contributed by atoms with van der Waals surface area (Å²) in [6.45, 7) is 1.85. The molecule has 0 spiro atoms. The van der Waals surface area contributed by atoms with Gasteiger partial charge in [-0.3, -0.25) is 4.52 Å². The van der Waals surface area contributed by atoms with Gasteiger partial charge in [-0.25, -0.2) is 14.0 Å². The van der Waals surface area contributed by atoms with Crippen molar-refractivity contribution >= 4 is 17.4 Å². The second-order valence-electron chi connectivity index (χ2n) is 4.04. The lowest BCUT2D eigenvalue weighted by Gasteiger charge is -2.04. The van der Waals surface area contributed by atoms with E-state index >= 15 is 0 Å². The summed E-state index contributed by atoms with van der Waals surface area (Å²) in [4.78, 5) is 11.8. The zero-order chi connectivity index (χ0) is 14.3. The van der Waals surface area contributed by atoms with Gasteiger partial charge in [-0.15, -0.1) is 0 Å². The van der Waals surface area contributed by atoms with E-state index in [-0.39, 0.29) is 17.3 Å². The van der Waals surface area contributed by atoms with Crippen molar-refractivity contribution in [2.24, 2.45) is 0 Å². The first-order valence-electron chi connectivity index (χ1n) is 5.51. The molecule has 0 unspecified atom stereocenters. The number of nitrogens with zero attached hydrogens (tertiary/aromatic N) is 4. The SMILES string of the molecule is Cc1ccc(-n2c(-c3nonc3N)noc2=O)cc1Cl. The van der Waals surface area contributed by atoms with Gasteiger partial charge in [0.25, 0.3) is 0 Å². The fraction of sp³-hybridized carbons (Fsp3) is 0.0909. The fourth-order valence-electron chi connectivity index (χ4n) is 1.70. The molecule has 0 aliphatic heterocycles. The fourth-order valence-corrected chi connectivity index (χ4v) is 1.87. The lowest BCUT2D eigenvalue weighted by atomic mass is 10.2. The van der Waals surface area contributed by atoms with Gasteiger partial charge in [-0.1, -0.05) is 22.8 Å². The molecule has 0 radical (unpaired) electrons. The van der Waals surface area contributed by atoms with Crippen molar-refractivity contribution in [1.82, 2.24) is 20.0 Å². The summed E-state index contributed by atoms with van der Waals surface area (Å²) in [5.41, 5.74) is 7.07. The number of anilines is 1. The number of hydrogen-bond donors (Lipinski definition) is 1. The number of aryl methyl sites for hydroxylation is 1. The van der Waals surface area contributed by atoms with Gasteiger partial charge < -0.3 is 5.73 Å². The van der Waals surface area contributed by atoms with Gasteiger partial charge in [0.05, 0.1) is 5.69 Å². The van der Waals surface area contributed by atoms with E-state index in [9.17, 15) is 4.79 Å². The Morgan fingerprint density at radius 1 is 1.30 bits per heavy atom. The van der Waals surface area contributed by atoms with Crippen LogP contribution in [-0.4, -0.2) is 20.0 Å². The molecule has 2 aromatic heterocycles. The van der Waals surface area contributed by atoms with Crippen LogP contribution >= 0.6 is 11.6 Å². The van der Waals surface area contributed by atoms with Crippen LogP contribution < -0.4 is 11.5 Å². The molecule has 3 rings (SSSR count). The summed E-state index contributed by atoms with van der Waals surface area (Å²) in [6, 6.07) is 5.08. The Labute approximate surface area is 116 Å². The van der Waals surface area contributed by atoms with E-state index in [0.717, 1.165) is 5.56 Å². The monoisotopic (exact) mass is 293 g/mol. The Morgan fingerprint density at radius 3 is 2.75 bits per heavy atom. The van der Waals surface area contributed by atoms with Crippen LogP contribution in [0.25, 0.3) is 17.2 Å². The molecular weight excluding hydrogens is 286 g/mol. The molecule has 2 heterocycles. The van der Waals surface area contributed by atoms with Crippen molar-refractivity contribution in [3.63, 3.8) is 0 Å². The maximum Gasteiger partial charge on any atom is 0.446 e. The molecule has 8 nitrogen and oxygen atoms in total. The van der Waals surface area contributed by atoms with E-state index in [4.69, 9.17) is 17.3 Å². The largest absolute Gasteiger partial charge is 0.446 e. The molecule has 9 heteroatoms. The molecule has 0 saturated carbocycles. The van der Waals surface area contributed by atoms with Crippen LogP contribution in [0, 0.1) is 6.92 Å². The molecule has 1 aromatic carbocycles. The van der Waals surface area contributed by atoms with Crippen molar-refractivity contribution in [1.29, 1.82) is 0 Å². The first kappa shape index (κ1) is 12.4. The third-order valence-corrected chi connectivity index (χ3v) is 3.15. The standard InChI is InChI=1S/C11H8ClN5O3/c1-5-2-3-6(4-7(5)12)17-10(16-19-11(17)18)8-9(13)15-20-14-8/h2-4H,1H3,(H2,13,15). The summed E-state index contributed by atoms with van der Waals surface area (Å²) in [5.74, 6) is -0.596. The molecule has 3 aromatic rings. The van der Waals surface area contributed by atoms with Crippen LogP contribution in [0.1, 0.15) is 5.56 Å². The van der Waals surface area contributed by atoms with Crippen molar-refractivity contribution in [3.8, 4) is 17.2 Å². The van der Waals surface area contributed by atoms with Gasteiger partial charge in [0.1, 0.15) is 0 Å². The first-order valence-corrected chi connectivity index (χ1v) is 5.89. The number of rotatable bonds is 2. The normalized spacial score (nSPS) is 10.9. The Morgan fingerprint density at radius 2 is 2.10 bits per heavy atom. The van der Waals surface area contributed by atoms with Gasteiger partial charge in [-0.2, -0.15) is 0 Å².